The maximum Gasteiger partial charge on any atom is 0.254 e. The molecule has 2 fully saturated rings. The van der Waals surface area contributed by atoms with Crippen LogP contribution in [0.2, 0.25) is 0 Å². The third-order valence-corrected chi connectivity index (χ3v) is 9.04. The van der Waals surface area contributed by atoms with Gasteiger partial charge in [0.15, 0.2) is 0 Å². The molecule has 0 bridgehead atoms. The van der Waals surface area contributed by atoms with E-state index in [2.05, 4.69) is 16.1 Å². The Labute approximate surface area is 258 Å². The number of rotatable bonds is 8. The van der Waals surface area contributed by atoms with Crippen LogP contribution in [0.3, 0.4) is 0 Å². The first kappa shape index (κ1) is 31.4. The van der Waals surface area contributed by atoms with Crippen molar-refractivity contribution in [1.29, 1.82) is 0 Å². The van der Waals surface area contributed by atoms with Crippen LogP contribution in [0.4, 0.5) is 4.39 Å². The molecule has 43 heavy (non-hydrogen) atoms. The van der Waals surface area contributed by atoms with E-state index in [1.54, 1.807) is 33.0 Å². The molecule has 7 nitrogen and oxygen atoms in total. The molecule has 2 aliphatic heterocycles. The van der Waals surface area contributed by atoms with Gasteiger partial charge in [-0.05, 0) is 94.2 Å². The van der Waals surface area contributed by atoms with Crippen molar-refractivity contribution in [1.82, 2.24) is 24.3 Å². The highest BCUT2D eigenvalue weighted by atomic mass is 19.1. The van der Waals surface area contributed by atoms with Gasteiger partial charge < -0.3 is 19.3 Å². The SMILES string of the molecule is [B]C([B])([B])N(C(=O)c1cc(F)ccc1-n1cc(C[C@@H]2CCN(CC3CCN(C(C)=O)CC3)C2)c2c(C)cncc21)C(C)C. The summed E-state index contributed by atoms with van der Waals surface area (Å²) in [6, 6.07) is 3.74. The second-order valence-corrected chi connectivity index (χ2v) is 12.8. The van der Waals surface area contributed by atoms with E-state index in [1.807, 2.05) is 22.6 Å². The summed E-state index contributed by atoms with van der Waals surface area (Å²) in [7, 11) is 17.9. The number of fused-ring (bicyclic) bond motifs is 1. The van der Waals surface area contributed by atoms with Crippen molar-refractivity contribution in [2.75, 3.05) is 32.7 Å². The molecular formula is C32H39B3FN5O2. The maximum atomic E-state index is 14.6. The molecule has 1 atom stereocenters. The summed E-state index contributed by atoms with van der Waals surface area (Å²) < 4.78 is 16.5. The van der Waals surface area contributed by atoms with Crippen LogP contribution in [0.15, 0.2) is 36.8 Å². The van der Waals surface area contributed by atoms with E-state index >= 15 is 0 Å². The van der Waals surface area contributed by atoms with Crippen LogP contribution in [-0.4, -0.2) is 104 Å². The van der Waals surface area contributed by atoms with E-state index in [9.17, 15) is 14.0 Å². The van der Waals surface area contributed by atoms with Gasteiger partial charge in [0.1, 0.15) is 5.82 Å². The number of piperidine rings is 1. The van der Waals surface area contributed by atoms with Gasteiger partial charge in [-0.3, -0.25) is 14.6 Å². The quantitative estimate of drug-likeness (QED) is 0.385. The molecule has 2 amide bonds. The van der Waals surface area contributed by atoms with Crippen molar-refractivity contribution in [3.8, 4) is 5.69 Å². The van der Waals surface area contributed by atoms with E-state index in [0.717, 1.165) is 74.9 Å². The number of amides is 2. The number of aryl methyl sites for hydroxylation is 1. The molecule has 0 unspecified atom stereocenters. The molecule has 6 radical (unpaired) electrons. The summed E-state index contributed by atoms with van der Waals surface area (Å²) in [5, 5.41) is -0.824. The summed E-state index contributed by atoms with van der Waals surface area (Å²) >= 11 is 0. The van der Waals surface area contributed by atoms with Crippen LogP contribution in [0.5, 0.6) is 0 Å². The van der Waals surface area contributed by atoms with Crippen molar-refractivity contribution in [3.05, 3.63) is 59.3 Å². The van der Waals surface area contributed by atoms with Gasteiger partial charge in [0, 0.05) is 56.9 Å². The molecule has 220 valence electrons. The van der Waals surface area contributed by atoms with E-state index in [1.165, 1.54) is 22.6 Å². The number of aromatic nitrogens is 2. The number of pyridine rings is 1. The largest absolute Gasteiger partial charge is 0.356 e. The van der Waals surface area contributed by atoms with Crippen LogP contribution < -0.4 is 0 Å². The number of hydrogen-bond donors (Lipinski definition) is 0. The molecule has 0 N–H and O–H groups in total. The molecule has 2 aromatic heterocycles. The second-order valence-electron chi connectivity index (χ2n) is 12.8. The minimum atomic E-state index is -1.92. The highest BCUT2D eigenvalue weighted by Gasteiger charge is 2.32. The predicted molar refractivity (Wildman–Crippen MR) is 170 cm³/mol. The lowest BCUT2D eigenvalue weighted by Crippen LogP contribution is -2.56. The maximum absolute atomic E-state index is 14.6. The zero-order chi connectivity index (χ0) is 31.1. The van der Waals surface area contributed by atoms with Gasteiger partial charge in [-0.25, -0.2) is 4.39 Å². The van der Waals surface area contributed by atoms with Gasteiger partial charge in [0.2, 0.25) is 5.91 Å². The summed E-state index contributed by atoms with van der Waals surface area (Å²) in [6.45, 7) is 12.1. The zero-order valence-corrected chi connectivity index (χ0v) is 25.7. The van der Waals surface area contributed by atoms with Crippen LogP contribution in [0.25, 0.3) is 16.6 Å². The second kappa shape index (κ2) is 12.5. The molecule has 0 spiro atoms. The molecule has 1 aromatic carbocycles. The Kier molecular flexibility index (Phi) is 9.12. The van der Waals surface area contributed by atoms with Crippen LogP contribution >= 0.6 is 0 Å². The van der Waals surface area contributed by atoms with Crippen LogP contribution in [-0.2, 0) is 11.2 Å². The number of benzene rings is 1. The summed E-state index contributed by atoms with van der Waals surface area (Å²) in [5.41, 5.74) is 3.69. The van der Waals surface area contributed by atoms with E-state index in [4.69, 9.17) is 23.5 Å². The number of carbonyl (C=O) groups is 2. The summed E-state index contributed by atoms with van der Waals surface area (Å²) in [6.07, 6.45) is 9.82. The Hall–Kier alpha value is -3.07. The molecule has 2 aliphatic rings. The lowest BCUT2D eigenvalue weighted by atomic mass is 9.48. The minimum absolute atomic E-state index is 0.118. The Morgan fingerprint density at radius 1 is 1.09 bits per heavy atom. The first-order valence-corrected chi connectivity index (χ1v) is 15.3. The number of hydrogen-bond acceptors (Lipinski definition) is 4. The normalized spacial score (nSPS) is 18.6. The molecule has 11 heteroatoms. The average molecular weight is 577 g/mol. The first-order chi connectivity index (χ1) is 20.3. The molecule has 4 heterocycles. The first-order valence-electron chi connectivity index (χ1n) is 15.3. The fourth-order valence-electron chi connectivity index (χ4n) is 7.02. The number of nitrogens with zero attached hydrogens (tertiary/aromatic N) is 5. The zero-order valence-electron chi connectivity index (χ0n) is 25.7. The number of carbonyl (C=O) groups excluding carboxylic acids is 2. The van der Waals surface area contributed by atoms with Gasteiger partial charge >= 0.3 is 0 Å². The summed E-state index contributed by atoms with van der Waals surface area (Å²) in [5.74, 6) is 0.184. The van der Waals surface area contributed by atoms with E-state index in [-0.39, 0.29) is 11.5 Å². The van der Waals surface area contributed by atoms with Gasteiger partial charge in [-0.1, -0.05) is 5.24 Å². The van der Waals surface area contributed by atoms with Crippen molar-refractivity contribution in [2.45, 2.75) is 64.7 Å². The van der Waals surface area contributed by atoms with Gasteiger partial charge in [-0.15, -0.1) is 0 Å². The lowest BCUT2D eigenvalue weighted by Gasteiger charge is -2.41. The fraction of sp³-hybridized carbons (Fsp3) is 0.531. The van der Waals surface area contributed by atoms with Crippen molar-refractivity contribution in [2.24, 2.45) is 11.8 Å². The van der Waals surface area contributed by atoms with E-state index < -0.39 is 23.0 Å². The highest BCUT2D eigenvalue weighted by Crippen LogP contribution is 2.33. The third-order valence-electron chi connectivity index (χ3n) is 9.04. The van der Waals surface area contributed by atoms with Gasteiger partial charge in [-0.2, -0.15) is 0 Å². The smallest absolute Gasteiger partial charge is 0.254 e. The molecule has 5 rings (SSSR count). The predicted octanol–water partition coefficient (Wildman–Crippen LogP) is 3.56. The Morgan fingerprint density at radius 2 is 1.79 bits per heavy atom. The minimum Gasteiger partial charge on any atom is -0.356 e. The number of halogens is 1. The highest BCUT2D eigenvalue weighted by molar-refractivity contribution is 6.60. The van der Waals surface area contributed by atoms with Crippen molar-refractivity contribution >= 4 is 46.3 Å². The lowest BCUT2D eigenvalue weighted by molar-refractivity contribution is -0.130. The van der Waals surface area contributed by atoms with Crippen molar-refractivity contribution < 1.29 is 14.0 Å². The third kappa shape index (κ3) is 6.72. The van der Waals surface area contributed by atoms with Gasteiger partial charge in [0.05, 0.1) is 46.5 Å². The standard InChI is InChI=1S/C32H39B3FN5O2/c1-20(2)41(32(33,34)35)31(43)27-14-26(36)5-6-28(27)40-19-25(30-21(3)15-37-16-29(30)40)13-24-7-10-38(18-24)17-23-8-11-39(12-9-23)22(4)42/h5-6,14-16,19-20,23-24H,7-13,17-18H2,1-4H3/t24-/m0/s1. The molecule has 3 aromatic rings. The van der Waals surface area contributed by atoms with E-state index in [0.29, 0.717) is 17.5 Å². The Bertz CT molecular complexity index is 1500. The molecule has 0 saturated carbocycles. The molecule has 0 aliphatic carbocycles. The molecule has 2 saturated heterocycles. The Balaban J connectivity index is 1.41. The average Bonchev–Trinajstić information content (AvgIpc) is 3.53. The van der Waals surface area contributed by atoms with Gasteiger partial charge in [0.25, 0.3) is 5.91 Å². The van der Waals surface area contributed by atoms with Crippen LogP contribution in [0.1, 0.15) is 61.5 Å². The monoisotopic (exact) mass is 577 g/mol. The topological polar surface area (TPSA) is 61.7 Å². The summed E-state index contributed by atoms with van der Waals surface area (Å²) in [4.78, 5) is 35.6. The Morgan fingerprint density at radius 3 is 2.44 bits per heavy atom. The van der Waals surface area contributed by atoms with Crippen LogP contribution in [0, 0.1) is 24.6 Å². The fourth-order valence-corrected chi connectivity index (χ4v) is 7.02. The molecular weight excluding hydrogens is 538 g/mol. The van der Waals surface area contributed by atoms with Crippen molar-refractivity contribution in [3.63, 3.8) is 0 Å². The number of likely N-dealkylation sites (tertiary alicyclic amines) is 2.